The first-order valence-corrected chi connectivity index (χ1v) is 9.20. The number of furan rings is 1. The minimum atomic E-state index is -0.305. The molecular formula is C18H24N6O4. The summed E-state index contributed by atoms with van der Waals surface area (Å²) in [5.41, 5.74) is 1.33. The van der Waals surface area contributed by atoms with E-state index in [0.717, 1.165) is 12.3 Å². The highest BCUT2D eigenvalue weighted by Crippen LogP contribution is 2.25. The van der Waals surface area contributed by atoms with Crippen molar-refractivity contribution in [2.75, 3.05) is 45.3 Å². The van der Waals surface area contributed by atoms with Crippen LogP contribution in [0, 0.1) is 0 Å². The van der Waals surface area contributed by atoms with Crippen molar-refractivity contribution in [3.05, 3.63) is 36.8 Å². The van der Waals surface area contributed by atoms with Gasteiger partial charge in [-0.3, -0.25) is 9.47 Å². The van der Waals surface area contributed by atoms with Crippen LogP contribution in [0.15, 0.2) is 35.5 Å². The molecular weight excluding hydrogens is 364 g/mol. The molecule has 0 aliphatic carbocycles. The zero-order valence-corrected chi connectivity index (χ0v) is 15.7. The first-order chi connectivity index (χ1) is 13.8. The number of morpholine rings is 1. The molecule has 0 amide bonds. The van der Waals surface area contributed by atoms with Crippen molar-refractivity contribution in [2.45, 2.75) is 18.9 Å². The van der Waals surface area contributed by atoms with Crippen molar-refractivity contribution < 1.29 is 19.0 Å². The van der Waals surface area contributed by atoms with Crippen molar-refractivity contribution in [3.63, 3.8) is 0 Å². The van der Waals surface area contributed by atoms with Gasteiger partial charge in [-0.15, -0.1) is 0 Å². The number of imidazole rings is 1. The van der Waals surface area contributed by atoms with E-state index in [0.29, 0.717) is 43.2 Å². The molecule has 3 aromatic heterocycles. The predicted octanol–water partition coefficient (Wildman–Crippen LogP) is 0.869. The number of methoxy groups -OCH3 is 1. The van der Waals surface area contributed by atoms with Crippen LogP contribution in [-0.4, -0.2) is 75.6 Å². The SMILES string of the molecule is COCCN1C[C@@H](CO)O[C@@H](n2cnc3c(NCc4ccco4)ncnc32)C1. The topological polar surface area (TPSA) is 111 Å². The number of anilines is 1. The van der Waals surface area contributed by atoms with Crippen molar-refractivity contribution in [1.29, 1.82) is 0 Å². The molecule has 10 nitrogen and oxygen atoms in total. The molecule has 3 aromatic rings. The molecule has 28 heavy (non-hydrogen) atoms. The lowest BCUT2D eigenvalue weighted by Crippen LogP contribution is -2.48. The number of rotatable bonds is 8. The molecule has 0 radical (unpaired) electrons. The summed E-state index contributed by atoms with van der Waals surface area (Å²) >= 11 is 0. The largest absolute Gasteiger partial charge is 0.467 e. The summed E-state index contributed by atoms with van der Waals surface area (Å²) in [5, 5.41) is 12.8. The van der Waals surface area contributed by atoms with Gasteiger partial charge >= 0.3 is 0 Å². The Hall–Kier alpha value is -2.53. The fraction of sp³-hybridized carbons (Fsp3) is 0.500. The fourth-order valence-electron chi connectivity index (χ4n) is 3.32. The highest BCUT2D eigenvalue weighted by atomic mass is 16.5. The lowest BCUT2D eigenvalue weighted by molar-refractivity contribution is -0.135. The van der Waals surface area contributed by atoms with Gasteiger partial charge < -0.3 is 24.3 Å². The zero-order chi connectivity index (χ0) is 19.3. The van der Waals surface area contributed by atoms with Crippen LogP contribution in [0.5, 0.6) is 0 Å². The monoisotopic (exact) mass is 388 g/mol. The third-order valence-electron chi connectivity index (χ3n) is 4.72. The Labute approximate surface area is 162 Å². The van der Waals surface area contributed by atoms with Crippen LogP contribution in [-0.2, 0) is 16.0 Å². The van der Waals surface area contributed by atoms with Gasteiger partial charge in [0, 0.05) is 26.7 Å². The van der Waals surface area contributed by atoms with Crippen LogP contribution in [0.4, 0.5) is 5.82 Å². The number of nitrogens with one attached hydrogen (secondary N) is 1. The molecule has 4 heterocycles. The molecule has 1 fully saturated rings. The summed E-state index contributed by atoms with van der Waals surface area (Å²) in [5.74, 6) is 1.44. The second-order valence-corrected chi connectivity index (χ2v) is 6.63. The Morgan fingerprint density at radius 2 is 2.25 bits per heavy atom. The number of hydrogen-bond donors (Lipinski definition) is 2. The fourth-order valence-corrected chi connectivity index (χ4v) is 3.32. The molecule has 2 N–H and O–H groups in total. The van der Waals surface area contributed by atoms with E-state index in [9.17, 15) is 5.11 Å². The maximum Gasteiger partial charge on any atom is 0.167 e. The van der Waals surface area contributed by atoms with Crippen LogP contribution < -0.4 is 5.32 Å². The van der Waals surface area contributed by atoms with Gasteiger partial charge in [0.05, 0.1) is 38.5 Å². The first kappa shape index (κ1) is 18.8. The lowest BCUT2D eigenvalue weighted by atomic mass is 10.2. The Balaban J connectivity index is 1.55. The number of aromatic nitrogens is 4. The van der Waals surface area contributed by atoms with Gasteiger partial charge in [0.1, 0.15) is 18.3 Å². The maximum absolute atomic E-state index is 9.62. The predicted molar refractivity (Wildman–Crippen MR) is 101 cm³/mol. The van der Waals surface area contributed by atoms with E-state index in [4.69, 9.17) is 13.9 Å². The van der Waals surface area contributed by atoms with Crippen molar-refractivity contribution >= 4 is 17.0 Å². The minimum absolute atomic E-state index is 0.0441. The molecule has 0 unspecified atom stereocenters. The molecule has 1 aliphatic rings. The molecule has 150 valence electrons. The highest BCUT2D eigenvalue weighted by Gasteiger charge is 2.29. The van der Waals surface area contributed by atoms with Gasteiger partial charge in [0.2, 0.25) is 0 Å². The number of aliphatic hydroxyl groups excluding tert-OH is 1. The normalized spacial score (nSPS) is 20.6. The smallest absolute Gasteiger partial charge is 0.167 e. The van der Waals surface area contributed by atoms with Crippen molar-refractivity contribution in [3.8, 4) is 0 Å². The van der Waals surface area contributed by atoms with E-state index >= 15 is 0 Å². The highest BCUT2D eigenvalue weighted by molar-refractivity contribution is 5.82. The molecule has 0 aromatic carbocycles. The molecule has 0 saturated carbocycles. The van der Waals surface area contributed by atoms with Crippen molar-refractivity contribution in [2.24, 2.45) is 0 Å². The molecule has 10 heteroatoms. The van der Waals surface area contributed by atoms with Crippen molar-refractivity contribution in [1.82, 2.24) is 24.4 Å². The Bertz CT molecular complexity index is 883. The van der Waals surface area contributed by atoms with Gasteiger partial charge in [-0.1, -0.05) is 0 Å². The molecule has 4 rings (SSSR count). The van der Waals surface area contributed by atoms with E-state index in [1.165, 1.54) is 6.33 Å². The van der Waals surface area contributed by atoms with Gasteiger partial charge in [-0.25, -0.2) is 15.0 Å². The summed E-state index contributed by atoms with van der Waals surface area (Å²) in [6, 6.07) is 3.73. The summed E-state index contributed by atoms with van der Waals surface area (Å²) in [7, 11) is 1.68. The quantitative estimate of drug-likeness (QED) is 0.581. The van der Waals surface area contributed by atoms with Crippen LogP contribution in [0.2, 0.25) is 0 Å². The average molecular weight is 388 g/mol. The first-order valence-electron chi connectivity index (χ1n) is 9.20. The second kappa shape index (κ2) is 8.65. The third kappa shape index (κ3) is 3.99. The van der Waals surface area contributed by atoms with Crippen LogP contribution in [0.1, 0.15) is 12.0 Å². The number of hydrogen-bond acceptors (Lipinski definition) is 9. The van der Waals surface area contributed by atoms with Crippen LogP contribution in [0.25, 0.3) is 11.2 Å². The van der Waals surface area contributed by atoms with E-state index in [-0.39, 0.29) is 18.9 Å². The number of aliphatic hydroxyl groups is 1. The number of nitrogens with zero attached hydrogens (tertiary/aromatic N) is 5. The Morgan fingerprint density at radius 3 is 3.04 bits per heavy atom. The summed E-state index contributed by atoms with van der Waals surface area (Å²) in [4.78, 5) is 15.4. The summed E-state index contributed by atoms with van der Waals surface area (Å²) < 4.78 is 18.5. The Morgan fingerprint density at radius 1 is 1.32 bits per heavy atom. The molecule has 0 spiro atoms. The zero-order valence-electron chi connectivity index (χ0n) is 15.7. The van der Waals surface area contributed by atoms with Gasteiger partial charge in [0.25, 0.3) is 0 Å². The molecule has 2 atom stereocenters. The minimum Gasteiger partial charge on any atom is -0.467 e. The van der Waals surface area contributed by atoms with Gasteiger partial charge in [-0.2, -0.15) is 0 Å². The van der Waals surface area contributed by atoms with Gasteiger partial charge in [-0.05, 0) is 12.1 Å². The van der Waals surface area contributed by atoms with E-state index < -0.39 is 0 Å². The van der Waals surface area contributed by atoms with Crippen LogP contribution in [0.3, 0.4) is 0 Å². The number of fused-ring (bicyclic) bond motifs is 1. The lowest BCUT2D eigenvalue weighted by Gasteiger charge is -2.37. The number of ether oxygens (including phenoxy) is 2. The third-order valence-corrected chi connectivity index (χ3v) is 4.72. The van der Waals surface area contributed by atoms with E-state index in [2.05, 4.69) is 25.2 Å². The van der Waals surface area contributed by atoms with E-state index in [1.807, 2.05) is 16.7 Å². The van der Waals surface area contributed by atoms with Gasteiger partial charge in [0.15, 0.2) is 17.0 Å². The molecule has 0 bridgehead atoms. The van der Waals surface area contributed by atoms with E-state index in [1.54, 1.807) is 19.7 Å². The average Bonchev–Trinajstić information content (AvgIpc) is 3.40. The molecule has 1 saturated heterocycles. The maximum atomic E-state index is 9.62. The summed E-state index contributed by atoms with van der Waals surface area (Å²) in [6.45, 7) is 3.17. The second-order valence-electron chi connectivity index (χ2n) is 6.63. The molecule has 1 aliphatic heterocycles. The standard InChI is InChI=1S/C18H24N6O4/c1-26-6-4-23-8-14(10-25)28-15(9-23)24-12-22-16-17(20-11-21-18(16)24)19-7-13-3-2-5-27-13/h2-3,5,11-12,14-15,25H,4,6-10H2,1H3,(H,19,20,21)/t14-,15+/m0/s1. The summed E-state index contributed by atoms with van der Waals surface area (Å²) in [6.07, 6.45) is 4.26. The Kier molecular flexibility index (Phi) is 5.81. The van der Waals surface area contributed by atoms with Crippen LogP contribution >= 0.6 is 0 Å².